The van der Waals surface area contributed by atoms with Gasteiger partial charge >= 0.3 is 0 Å². The molecule has 5 atom stereocenters. The first kappa shape index (κ1) is 20.4. The minimum Gasteiger partial charge on any atom is -0.368 e. The van der Waals surface area contributed by atoms with Gasteiger partial charge in [-0.05, 0) is 64.7 Å². The van der Waals surface area contributed by atoms with Gasteiger partial charge in [-0.2, -0.15) is 15.0 Å². The Morgan fingerprint density at radius 1 is 1.07 bits per heavy atom. The number of nitrogens with two attached hydrogens (primary N) is 1. The maximum Gasteiger partial charge on any atom is 0.229 e. The molecule has 2 aromatic rings. The van der Waals surface area contributed by atoms with E-state index in [1.165, 1.54) is 31.4 Å². The number of nitrogen functional groups attached to an aromatic ring is 1. The first-order valence-electron chi connectivity index (χ1n) is 10.7. The van der Waals surface area contributed by atoms with E-state index in [4.69, 9.17) is 10.7 Å². The fraction of sp³-hybridized carbons (Fsp3) is 0.714. The lowest BCUT2D eigenvalue weighted by atomic mass is 9.84. The minimum atomic E-state index is 0.0335. The number of rotatable bonds is 6. The van der Waals surface area contributed by atoms with Gasteiger partial charge in [0.15, 0.2) is 5.16 Å². The highest BCUT2D eigenvalue weighted by molar-refractivity contribution is 7.99. The summed E-state index contributed by atoms with van der Waals surface area (Å²) in [5, 5.41) is 1.10. The Morgan fingerprint density at radius 2 is 1.83 bits per heavy atom. The van der Waals surface area contributed by atoms with Gasteiger partial charge in [0, 0.05) is 25.8 Å². The van der Waals surface area contributed by atoms with Gasteiger partial charge in [-0.15, -0.1) is 0 Å². The molecule has 2 N–H and O–H groups in total. The molecule has 0 spiro atoms. The lowest BCUT2D eigenvalue weighted by Gasteiger charge is -2.31. The number of aryl methyl sites for hydroxylation is 1. The topological polar surface area (TPSA) is 85.8 Å². The Balaban J connectivity index is 1.60. The molecule has 7 nitrogen and oxygen atoms in total. The molecule has 2 aliphatic rings. The fourth-order valence-electron chi connectivity index (χ4n) is 5.22. The molecule has 2 aromatic heterocycles. The fourth-order valence-corrected chi connectivity index (χ4v) is 6.36. The average molecular weight is 416 g/mol. The van der Waals surface area contributed by atoms with Crippen molar-refractivity contribution in [1.29, 1.82) is 0 Å². The van der Waals surface area contributed by atoms with Gasteiger partial charge < -0.3 is 15.2 Å². The highest BCUT2D eigenvalue weighted by Gasteiger charge is 2.43. The van der Waals surface area contributed by atoms with E-state index in [2.05, 4.69) is 47.2 Å². The number of fused-ring (bicyclic) bond motifs is 2. The van der Waals surface area contributed by atoms with Gasteiger partial charge in [0.2, 0.25) is 11.9 Å². The standard InChI is InChI=1S/C21H33N7S/c1-11-12(2)28(13(3)17-10-15-7-8-16(17)9-15)21(23-11)29-14(4)18-24-19(22)26-20(25-18)27(5)6/h13-17H,7-10H2,1-6H3,(H2,22,24,25,26)/t13-,14-,15+,16+,17+/m1/s1. The highest BCUT2D eigenvalue weighted by atomic mass is 32.2. The van der Waals surface area contributed by atoms with E-state index in [1.807, 2.05) is 19.0 Å². The molecule has 0 aliphatic heterocycles. The zero-order valence-corrected chi connectivity index (χ0v) is 19.2. The first-order valence-corrected chi connectivity index (χ1v) is 11.5. The smallest absolute Gasteiger partial charge is 0.229 e. The van der Waals surface area contributed by atoms with Crippen molar-refractivity contribution in [2.45, 2.75) is 69.8 Å². The Hall–Kier alpha value is -1.83. The van der Waals surface area contributed by atoms with Crippen molar-refractivity contribution in [3.8, 4) is 0 Å². The number of hydrogen-bond donors (Lipinski definition) is 1. The maximum atomic E-state index is 5.93. The van der Waals surface area contributed by atoms with Crippen LogP contribution in [0.15, 0.2) is 5.16 Å². The van der Waals surface area contributed by atoms with Crippen molar-refractivity contribution < 1.29 is 0 Å². The van der Waals surface area contributed by atoms with Crippen LogP contribution in [0.25, 0.3) is 0 Å². The summed E-state index contributed by atoms with van der Waals surface area (Å²) in [6, 6.07) is 0.474. The average Bonchev–Trinajstić information content (AvgIpc) is 3.36. The molecule has 0 amide bonds. The highest BCUT2D eigenvalue weighted by Crippen LogP contribution is 2.53. The van der Waals surface area contributed by atoms with E-state index in [9.17, 15) is 0 Å². The Kier molecular flexibility index (Phi) is 5.48. The molecule has 0 saturated heterocycles. The molecular formula is C21H33N7S. The van der Waals surface area contributed by atoms with E-state index >= 15 is 0 Å². The summed E-state index contributed by atoms with van der Waals surface area (Å²) in [5.74, 6) is 4.15. The van der Waals surface area contributed by atoms with E-state index in [-0.39, 0.29) is 11.2 Å². The van der Waals surface area contributed by atoms with Crippen molar-refractivity contribution in [3.63, 3.8) is 0 Å². The zero-order valence-electron chi connectivity index (χ0n) is 18.4. The van der Waals surface area contributed by atoms with E-state index in [0.29, 0.717) is 17.8 Å². The van der Waals surface area contributed by atoms with Crippen molar-refractivity contribution in [1.82, 2.24) is 24.5 Å². The number of nitrogens with zero attached hydrogens (tertiary/aromatic N) is 6. The predicted octanol–water partition coefficient (Wildman–Crippen LogP) is 4.18. The summed E-state index contributed by atoms with van der Waals surface area (Å²) in [7, 11) is 3.82. The SMILES string of the molecule is Cc1nc(S[C@H](C)c2nc(N)nc(N(C)C)n2)n([C@H](C)[C@@H]2C[C@H]3CC[C@H]2C3)c1C. The summed E-state index contributed by atoms with van der Waals surface area (Å²) >= 11 is 1.72. The molecule has 8 heteroatoms. The maximum absolute atomic E-state index is 5.93. The molecule has 2 fully saturated rings. The summed E-state index contributed by atoms with van der Waals surface area (Å²) in [6.45, 7) is 8.81. The molecule has 0 aromatic carbocycles. The molecular weight excluding hydrogens is 382 g/mol. The first-order chi connectivity index (χ1) is 13.7. The van der Waals surface area contributed by atoms with Gasteiger partial charge in [0.25, 0.3) is 0 Å². The largest absolute Gasteiger partial charge is 0.368 e. The number of thioether (sulfide) groups is 1. The van der Waals surface area contributed by atoms with Gasteiger partial charge in [-0.3, -0.25) is 0 Å². The van der Waals surface area contributed by atoms with E-state index < -0.39 is 0 Å². The van der Waals surface area contributed by atoms with Crippen LogP contribution in [-0.4, -0.2) is 38.6 Å². The van der Waals surface area contributed by atoms with Crippen LogP contribution in [0.2, 0.25) is 0 Å². The third-order valence-corrected chi connectivity index (χ3v) is 7.94. The summed E-state index contributed by atoms with van der Waals surface area (Å²) < 4.78 is 2.47. The van der Waals surface area contributed by atoms with E-state index in [1.54, 1.807) is 11.8 Å². The van der Waals surface area contributed by atoms with Gasteiger partial charge in [-0.25, -0.2) is 4.98 Å². The normalized spacial score (nSPS) is 25.4. The van der Waals surface area contributed by atoms with Crippen molar-refractivity contribution in [2.75, 3.05) is 24.7 Å². The monoisotopic (exact) mass is 415 g/mol. The second-order valence-electron chi connectivity index (χ2n) is 9.02. The Labute approximate surface area is 177 Å². The van der Waals surface area contributed by atoms with Crippen LogP contribution in [0.1, 0.15) is 68.0 Å². The molecule has 2 aliphatic carbocycles. The Morgan fingerprint density at radius 3 is 2.45 bits per heavy atom. The van der Waals surface area contributed by atoms with Crippen molar-refractivity contribution >= 4 is 23.7 Å². The molecule has 2 bridgehead atoms. The van der Waals surface area contributed by atoms with Crippen LogP contribution in [0.4, 0.5) is 11.9 Å². The zero-order chi connectivity index (χ0) is 20.9. The summed E-state index contributed by atoms with van der Waals surface area (Å²) in [4.78, 5) is 20.0. The lowest BCUT2D eigenvalue weighted by Crippen LogP contribution is -2.23. The van der Waals surface area contributed by atoms with Crippen LogP contribution in [0.5, 0.6) is 0 Å². The van der Waals surface area contributed by atoms with Gasteiger partial charge in [-0.1, -0.05) is 18.2 Å². The van der Waals surface area contributed by atoms with Crippen molar-refractivity contribution in [3.05, 3.63) is 17.2 Å². The Bertz CT molecular complexity index is 893. The molecule has 2 heterocycles. The number of imidazole rings is 1. The molecule has 0 radical (unpaired) electrons. The molecule has 158 valence electrons. The van der Waals surface area contributed by atoms with Crippen LogP contribution < -0.4 is 10.6 Å². The molecule has 0 unspecified atom stereocenters. The van der Waals surface area contributed by atoms with Gasteiger partial charge in [0.1, 0.15) is 5.82 Å². The second-order valence-corrected chi connectivity index (χ2v) is 10.3. The summed E-state index contributed by atoms with van der Waals surface area (Å²) in [6.07, 6.45) is 5.64. The predicted molar refractivity (Wildman–Crippen MR) is 118 cm³/mol. The molecule has 2 saturated carbocycles. The van der Waals surface area contributed by atoms with Crippen molar-refractivity contribution in [2.24, 2.45) is 17.8 Å². The minimum absolute atomic E-state index is 0.0335. The number of aromatic nitrogens is 5. The van der Waals surface area contributed by atoms with Crippen LogP contribution in [-0.2, 0) is 0 Å². The third kappa shape index (κ3) is 3.83. The van der Waals surface area contributed by atoms with Gasteiger partial charge in [0.05, 0.1) is 10.9 Å². The molecule has 4 rings (SSSR count). The lowest BCUT2D eigenvalue weighted by molar-refractivity contribution is 0.232. The van der Waals surface area contributed by atoms with Crippen LogP contribution in [0, 0.1) is 31.6 Å². The quantitative estimate of drug-likeness (QED) is 0.708. The van der Waals surface area contributed by atoms with E-state index in [0.717, 1.165) is 28.6 Å². The number of hydrogen-bond acceptors (Lipinski definition) is 7. The number of anilines is 2. The summed E-state index contributed by atoms with van der Waals surface area (Å²) in [5.41, 5.74) is 8.32. The van der Waals surface area contributed by atoms with Crippen LogP contribution >= 0.6 is 11.8 Å². The van der Waals surface area contributed by atoms with Crippen LogP contribution in [0.3, 0.4) is 0 Å². The molecule has 29 heavy (non-hydrogen) atoms. The second kappa shape index (κ2) is 7.78. The third-order valence-electron chi connectivity index (χ3n) is 6.88.